The summed E-state index contributed by atoms with van der Waals surface area (Å²) in [4.78, 5) is 29.2. The van der Waals surface area contributed by atoms with Crippen LogP contribution >= 0.6 is 0 Å². The van der Waals surface area contributed by atoms with Crippen LogP contribution in [0.5, 0.6) is 0 Å². The van der Waals surface area contributed by atoms with Gasteiger partial charge in [-0.05, 0) is 86.6 Å². The van der Waals surface area contributed by atoms with E-state index in [1.165, 1.54) is 42.9 Å². The molecule has 3 aromatic rings. The summed E-state index contributed by atoms with van der Waals surface area (Å²) in [6.07, 6.45) is 0.822. The lowest BCUT2D eigenvalue weighted by Crippen LogP contribution is -2.47. The van der Waals surface area contributed by atoms with Gasteiger partial charge in [-0.1, -0.05) is 42.6 Å². The summed E-state index contributed by atoms with van der Waals surface area (Å²) in [7, 11) is 5.79. The van der Waals surface area contributed by atoms with Gasteiger partial charge >= 0.3 is 6.18 Å². The minimum absolute atomic E-state index is 0.0154. The van der Waals surface area contributed by atoms with Crippen LogP contribution in [-0.2, 0) is 11.0 Å². The van der Waals surface area contributed by atoms with Crippen LogP contribution in [0.4, 0.5) is 28.9 Å². The molecule has 2 N–H and O–H groups in total. The third kappa shape index (κ3) is 6.73. The fourth-order valence-electron chi connectivity index (χ4n) is 6.42. The molecule has 2 atom stereocenters. The number of benzene rings is 3. The Morgan fingerprint density at radius 2 is 1.56 bits per heavy atom. The average molecular weight is 591 g/mol. The standard InChI is InChI=1S/C33H34BF4N3O2/c1-19-9-12-25(18-27(19)33(36,37)38)40-31(42)26-8-5-15-41(32(43)29-20(2)16-22(34)17-28(29)35)30(26)21-10-13-24(14-11-21)39-23-6-3-4-7-23/h9-14,16-18,23,26,30,39H,3-8,15H2,1-2H3,(H,40,42)/t26-,30-/m0/s1. The number of anilines is 2. The first-order valence-corrected chi connectivity index (χ1v) is 14.6. The number of nitrogens with one attached hydrogen (secondary N) is 2. The number of rotatable bonds is 6. The van der Waals surface area contributed by atoms with Crippen molar-refractivity contribution >= 4 is 36.5 Å². The molecule has 2 fully saturated rings. The molecule has 2 amide bonds. The highest BCUT2D eigenvalue weighted by Gasteiger charge is 2.41. The summed E-state index contributed by atoms with van der Waals surface area (Å²) in [6, 6.07) is 13.4. The highest BCUT2D eigenvalue weighted by atomic mass is 19.4. The molecule has 3 aromatic carbocycles. The third-order valence-corrected chi connectivity index (χ3v) is 8.54. The highest BCUT2D eigenvalue weighted by molar-refractivity contribution is 6.32. The van der Waals surface area contributed by atoms with Crippen LogP contribution in [0.3, 0.4) is 0 Å². The van der Waals surface area contributed by atoms with Crippen molar-refractivity contribution in [3.63, 3.8) is 0 Å². The van der Waals surface area contributed by atoms with Gasteiger partial charge in [-0.25, -0.2) is 4.39 Å². The van der Waals surface area contributed by atoms with Crippen LogP contribution in [0.25, 0.3) is 0 Å². The predicted molar refractivity (Wildman–Crippen MR) is 160 cm³/mol. The summed E-state index contributed by atoms with van der Waals surface area (Å²) in [5.74, 6) is -2.62. The number of aryl methyl sites for hydroxylation is 2. The number of carbonyl (C=O) groups is 2. The van der Waals surface area contributed by atoms with Gasteiger partial charge in [0.25, 0.3) is 5.91 Å². The zero-order valence-corrected chi connectivity index (χ0v) is 24.2. The molecule has 43 heavy (non-hydrogen) atoms. The van der Waals surface area contributed by atoms with E-state index in [1.54, 1.807) is 6.92 Å². The number of amides is 2. The monoisotopic (exact) mass is 591 g/mol. The third-order valence-electron chi connectivity index (χ3n) is 8.54. The second-order valence-electron chi connectivity index (χ2n) is 11.7. The summed E-state index contributed by atoms with van der Waals surface area (Å²) in [5.41, 5.74) is 1.29. The molecule has 1 saturated heterocycles. The van der Waals surface area contributed by atoms with Crippen molar-refractivity contribution in [2.45, 2.75) is 70.6 Å². The Balaban J connectivity index is 1.49. The van der Waals surface area contributed by atoms with Gasteiger partial charge < -0.3 is 15.5 Å². The maximum absolute atomic E-state index is 15.1. The van der Waals surface area contributed by atoms with Crippen molar-refractivity contribution < 1.29 is 27.2 Å². The first-order valence-electron chi connectivity index (χ1n) is 14.6. The molecule has 10 heteroatoms. The van der Waals surface area contributed by atoms with E-state index in [1.807, 2.05) is 24.3 Å². The van der Waals surface area contributed by atoms with E-state index in [9.17, 15) is 22.8 Å². The highest BCUT2D eigenvalue weighted by Crippen LogP contribution is 2.40. The number of carbonyl (C=O) groups excluding carboxylic acids is 2. The molecule has 1 aliphatic carbocycles. The Morgan fingerprint density at radius 1 is 0.884 bits per heavy atom. The molecular formula is C33H34BF4N3O2. The molecule has 1 aliphatic heterocycles. The minimum Gasteiger partial charge on any atom is -0.382 e. The molecular weight excluding hydrogens is 557 g/mol. The van der Waals surface area contributed by atoms with Crippen LogP contribution in [0.15, 0.2) is 54.6 Å². The van der Waals surface area contributed by atoms with Crippen LogP contribution in [-0.4, -0.2) is 37.1 Å². The second-order valence-corrected chi connectivity index (χ2v) is 11.7. The molecule has 5 rings (SSSR count). The zero-order chi connectivity index (χ0) is 30.9. The van der Waals surface area contributed by atoms with E-state index >= 15 is 4.39 Å². The largest absolute Gasteiger partial charge is 0.416 e. The first kappa shape index (κ1) is 30.6. The summed E-state index contributed by atoms with van der Waals surface area (Å²) in [5, 5.41) is 6.19. The number of piperidine rings is 1. The van der Waals surface area contributed by atoms with Gasteiger partial charge in [-0.3, -0.25) is 9.59 Å². The molecule has 224 valence electrons. The lowest BCUT2D eigenvalue weighted by Gasteiger charge is -2.41. The number of nitrogens with zero attached hydrogens (tertiary/aromatic N) is 1. The van der Waals surface area contributed by atoms with Gasteiger partial charge in [0.15, 0.2) is 0 Å². The smallest absolute Gasteiger partial charge is 0.382 e. The fourth-order valence-corrected chi connectivity index (χ4v) is 6.42. The fraction of sp³-hybridized carbons (Fsp3) is 0.394. The Labute approximate surface area is 250 Å². The quantitative estimate of drug-likeness (QED) is 0.244. The van der Waals surface area contributed by atoms with Crippen LogP contribution in [0.2, 0.25) is 0 Å². The molecule has 1 saturated carbocycles. The Hall–Kier alpha value is -3.82. The van der Waals surface area contributed by atoms with Crippen molar-refractivity contribution in [2.75, 3.05) is 17.2 Å². The molecule has 0 aromatic heterocycles. The minimum atomic E-state index is -4.57. The van der Waals surface area contributed by atoms with Gasteiger partial charge in [0.2, 0.25) is 5.91 Å². The van der Waals surface area contributed by atoms with Gasteiger partial charge in [0, 0.05) is 24.0 Å². The van der Waals surface area contributed by atoms with Crippen LogP contribution < -0.4 is 16.1 Å². The summed E-state index contributed by atoms with van der Waals surface area (Å²) >= 11 is 0. The molecule has 0 bridgehead atoms. The second kappa shape index (κ2) is 12.4. The van der Waals surface area contributed by atoms with Crippen LogP contribution in [0.1, 0.15) is 77.2 Å². The van der Waals surface area contributed by atoms with Gasteiger partial charge in [0.1, 0.15) is 13.7 Å². The number of likely N-dealkylation sites (tertiary alicyclic amines) is 1. The van der Waals surface area contributed by atoms with E-state index in [0.29, 0.717) is 30.0 Å². The number of alkyl halides is 3. The Morgan fingerprint density at radius 3 is 2.21 bits per heavy atom. The van der Waals surface area contributed by atoms with E-state index < -0.39 is 41.3 Å². The van der Waals surface area contributed by atoms with Crippen molar-refractivity contribution in [2.24, 2.45) is 5.92 Å². The number of halogens is 4. The van der Waals surface area contributed by atoms with E-state index in [-0.39, 0.29) is 28.8 Å². The van der Waals surface area contributed by atoms with Crippen molar-refractivity contribution in [1.29, 1.82) is 0 Å². The average Bonchev–Trinajstić information content (AvgIpc) is 3.46. The molecule has 5 nitrogen and oxygen atoms in total. The van der Waals surface area contributed by atoms with Gasteiger partial charge in [-0.2, -0.15) is 13.2 Å². The SMILES string of the molecule is [B]c1cc(C)c(C(=O)N2CCC[C@H](C(=O)Nc3ccc(C)c(C(F)(F)F)c3)[C@@H]2c2ccc(NC3CCCC3)cc2)c(F)c1. The predicted octanol–water partition coefficient (Wildman–Crippen LogP) is 6.84. The number of hydrogen-bond donors (Lipinski definition) is 2. The lowest BCUT2D eigenvalue weighted by atomic mass is 9.83. The molecule has 1 heterocycles. The zero-order valence-electron chi connectivity index (χ0n) is 24.2. The van der Waals surface area contributed by atoms with Gasteiger partial charge in [-0.15, -0.1) is 0 Å². The molecule has 0 spiro atoms. The van der Waals surface area contributed by atoms with E-state index in [2.05, 4.69) is 10.6 Å². The molecule has 2 aliphatic rings. The van der Waals surface area contributed by atoms with Gasteiger partial charge in [0.05, 0.1) is 23.1 Å². The Kier molecular flexibility index (Phi) is 8.85. The maximum Gasteiger partial charge on any atom is 0.416 e. The van der Waals surface area contributed by atoms with Crippen molar-refractivity contribution in [3.05, 3.63) is 88.2 Å². The number of hydrogen-bond acceptors (Lipinski definition) is 3. The topological polar surface area (TPSA) is 61.4 Å². The van der Waals surface area contributed by atoms with Crippen LogP contribution in [0, 0.1) is 25.6 Å². The first-order chi connectivity index (χ1) is 20.4. The van der Waals surface area contributed by atoms with Crippen molar-refractivity contribution in [3.8, 4) is 0 Å². The maximum atomic E-state index is 15.1. The van der Waals surface area contributed by atoms with E-state index in [4.69, 9.17) is 7.85 Å². The molecule has 0 unspecified atom stereocenters. The molecule has 2 radical (unpaired) electrons. The Bertz CT molecular complexity index is 1480. The lowest BCUT2D eigenvalue weighted by molar-refractivity contribution is -0.138. The van der Waals surface area contributed by atoms with E-state index in [0.717, 1.165) is 30.7 Å². The summed E-state index contributed by atoms with van der Waals surface area (Å²) in [6.45, 7) is 3.24. The van der Waals surface area contributed by atoms with Crippen molar-refractivity contribution in [1.82, 2.24) is 4.90 Å². The normalized spacial score (nSPS) is 19.3. The summed E-state index contributed by atoms with van der Waals surface area (Å²) < 4.78 is 55.8.